The Morgan fingerprint density at radius 3 is 2.89 bits per heavy atom. The zero-order chi connectivity index (χ0) is 13.0. The van der Waals surface area contributed by atoms with Gasteiger partial charge < -0.3 is 9.64 Å². The summed E-state index contributed by atoms with van der Waals surface area (Å²) in [5.74, 6) is 1.64. The van der Waals surface area contributed by atoms with Crippen LogP contribution in [0, 0.1) is 5.92 Å². The van der Waals surface area contributed by atoms with Gasteiger partial charge in [0, 0.05) is 17.4 Å². The Hall–Kier alpha value is -0.670. The second-order valence-electron chi connectivity index (χ2n) is 5.19. The fraction of sp³-hybridized carbons (Fsp3) is 0.600. The Morgan fingerprint density at radius 2 is 2.11 bits per heavy atom. The molecule has 0 N–H and O–H groups in total. The third-order valence-electron chi connectivity index (χ3n) is 3.61. The van der Waals surface area contributed by atoms with Gasteiger partial charge in [-0.2, -0.15) is 0 Å². The van der Waals surface area contributed by atoms with Gasteiger partial charge in [-0.25, -0.2) is 0 Å². The van der Waals surface area contributed by atoms with Gasteiger partial charge >= 0.3 is 0 Å². The molecule has 0 bridgehead atoms. The fourth-order valence-electron chi connectivity index (χ4n) is 2.60. The van der Waals surface area contributed by atoms with Crippen molar-refractivity contribution in [1.29, 1.82) is 0 Å². The first-order valence-electron chi connectivity index (χ1n) is 6.69. The van der Waals surface area contributed by atoms with Crippen molar-refractivity contribution in [2.24, 2.45) is 5.92 Å². The first kappa shape index (κ1) is 13.8. The molecule has 2 atom stereocenters. The molecule has 1 fully saturated rings. The average Bonchev–Trinajstić information content (AvgIpc) is 2.52. The lowest BCUT2D eigenvalue weighted by atomic mass is 10.0. The number of rotatable bonds is 3. The zero-order valence-corrected chi connectivity index (χ0v) is 12.4. The third-order valence-corrected chi connectivity index (χ3v) is 4.39. The van der Waals surface area contributed by atoms with E-state index in [1.54, 1.807) is 11.8 Å². The molecule has 2 unspecified atom stereocenters. The van der Waals surface area contributed by atoms with Gasteiger partial charge in [0.1, 0.15) is 11.9 Å². The highest BCUT2D eigenvalue weighted by Gasteiger charge is 2.24. The molecule has 0 spiro atoms. The van der Waals surface area contributed by atoms with E-state index in [4.69, 9.17) is 4.74 Å². The van der Waals surface area contributed by atoms with Crippen LogP contribution < -0.4 is 4.74 Å². The average molecular weight is 265 g/mol. The van der Waals surface area contributed by atoms with Crippen molar-refractivity contribution < 1.29 is 4.74 Å². The number of hydrogen-bond donors (Lipinski definition) is 0. The van der Waals surface area contributed by atoms with Crippen molar-refractivity contribution in [2.75, 3.05) is 26.4 Å². The molecule has 2 nitrogen and oxygen atoms in total. The summed E-state index contributed by atoms with van der Waals surface area (Å²) in [6.07, 6.45) is 4.84. The van der Waals surface area contributed by atoms with Crippen molar-refractivity contribution >= 4 is 11.8 Å². The van der Waals surface area contributed by atoms with Crippen LogP contribution in [0.1, 0.15) is 19.8 Å². The largest absolute Gasteiger partial charge is 0.489 e. The first-order chi connectivity index (χ1) is 8.70. The summed E-state index contributed by atoms with van der Waals surface area (Å²) < 4.78 is 6.27. The predicted octanol–water partition coefficient (Wildman–Crippen LogP) is 3.52. The Bertz CT molecular complexity index is 383. The van der Waals surface area contributed by atoms with Crippen LogP contribution in [0.25, 0.3) is 0 Å². The van der Waals surface area contributed by atoms with Gasteiger partial charge in [-0.15, -0.1) is 11.8 Å². The Kier molecular flexibility index (Phi) is 4.95. The van der Waals surface area contributed by atoms with E-state index < -0.39 is 0 Å². The number of likely N-dealkylation sites (tertiary alicyclic amines) is 1. The van der Waals surface area contributed by atoms with E-state index in [1.165, 1.54) is 17.9 Å². The molecule has 1 aromatic rings. The molecule has 0 aliphatic carbocycles. The summed E-state index contributed by atoms with van der Waals surface area (Å²) >= 11 is 1.76. The molecule has 0 amide bonds. The molecule has 100 valence electrons. The third kappa shape index (κ3) is 3.42. The van der Waals surface area contributed by atoms with E-state index in [-0.39, 0.29) is 0 Å². The maximum absolute atomic E-state index is 6.27. The van der Waals surface area contributed by atoms with E-state index in [1.807, 2.05) is 0 Å². The molecule has 1 saturated heterocycles. The van der Waals surface area contributed by atoms with Gasteiger partial charge in [0.15, 0.2) is 0 Å². The van der Waals surface area contributed by atoms with Crippen molar-refractivity contribution in [1.82, 2.24) is 4.90 Å². The number of nitrogens with zero attached hydrogens (tertiary/aromatic N) is 1. The smallest absolute Gasteiger partial charge is 0.133 e. The first-order valence-corrected chi connectivity index (χ1v) is 7.91. The maximum atomic E-state index is 6.27. The molecule has 1 aliphatic heterocycles. The van der Waals surface area contributed by atoms with Crippen LogP contribution in [0.5, 0.6) is 5.75 Å². The van der Waals surface area contributed by atoms with Crippen molar-refractivity contribution in [3.63, 3.8) is 0 Å². The van der Waals surface area contributed by atoms with Gasteiger partial charge in [-0.05, 0) is 44.8 Å². The van der Waals surface area contributed by atoms with E-state index in [9.17, 15) is 0 Å². The monoisotopic (exact) mass is 265 g/mol. The zero-order valence-electron chi connectivity index (χ0n) is 11.6. The lowest BCUT2D eigenvalue weighted by Gasteiger charge is -2.25. The van der Waals surface area contributed by atoms with Crippen LogP contribution in [0.4, 0.5) is 0 Å². The topological polar surface area (TPSA) is 12.5 Å². The molecule has 2 rings (SSSR count). The normalized spacial score (nSPS) is 25.7. The van der Waals surface area contributed by atoms with E-state index >= 15 is 0 Å². The molecule has 0 saturated carbocycles. The molecule has 0 radical (unpaired) electrons. The van der Waals surface area contributed by atoms with Crippen LogP contribution in [0.15, 0.2) is 29.2 Å². The van der Waals surface area contributed by atoms with E-state index in [0.717, 1.165) is 18.7 Å². The van der Waals surface area contributed by atoms with Crippen LogP contribution in [0.2, 0.25) is 0 Å². The molecule has 18 heavy (non-hydrogen) atoms. The van der Waals surface area contributed by atoms with Gasteiger partial charge in [0.2, 0.25) is 0 Å². The van der Waals surface area contributed by atoms with Crippen molar-refractivity contribution in [3.05, 3.63) is 24.3 Å². The van der Waals surface area contributed by atoms with Crippen LogP contribution in [-0.2, 0) is 0 Å². The van der Waals surface area contributed by atoms with E-state index in [2.05, 4.69) is 49.4 Å². The van der Waals surface area contributed by atoms with Crippen molar-refractivity contribution in [3.8, 4) is 5.75 Å². The number of thioether (sulfide) groups is 1. The summed E-state index contributed by atoms with van der Waals surface area (Å²) in [4.78, 5) is 3.65. The lowest BCUT2D eigenvalue weighted by Crippen LogP contribution is -2.30. The number of para-hydroxylation sites is 1. The molecule has 3 heteroatoms. The van der Waals surface area contributed by atoms with Crippen molar-refractivity contribution in [2.45, 2.75) is 30.8 Å². The quantitative estimate of drug-likeness (QED) is 0.776. The summed E-state index contributed by atoms with van der Waals surface area (Å²) in [5, 5.41) is 0. The molecule has 1 aromatic carbocycles. The van der Waals surface area contributed by atoms with Crippen LogP contribution >= 0.6 is 11.8 Å². The highest BCUT2D eigenvalue weighted by atomic mass is 32.2. The number of ether oxygens (including phenoxy) is 1. The number of hydrogen-bond acceptors (Lipinski definition) is 3. The summed E-state index contributed by atoms with van der Waals surface area (Å²) in [5.41, 5.74) is 0. The van der Waals surface area contributed by atoms with Gasteiger partial charge in [-0.1, -0.05) is 19.1 Å². The second-order valence-corrected chi connectivity index (χ2v) is 6.04. The van der Waals surface area contributed by atoms with E-state index in [0.29, 0.717) is 12.0 Å². The summed E-state index contributed by atoms with van der Waals surface area (Å²) in [6, 6.07) is 8.35. The summed E-state index contributed by atoms with van der Waals surface area (Å²) in [6.45, 7) is 4.62. The van der Waals surface area contributed by atoms with Gasteiger partial charge in [-0.3, -0.25) is 0 Å². The fourth-order valence-corrected chi connectivity index (χ4v) is 3.13. The number of benzene rings is 1. The minimum atomic E-state index is 0.350. The standard InChI is InChI=1S/C15H23NOS/c1-12-11-16(2)10-6-8-13(12)17-14-7-4-5-9-15(14)18-3/h4-5,7,9,12-13H,6,8,10-11H2,1-3H3. The van der Waals surface area contributed by atoms with Crippen LogP contribution in [0.3, 0.4) is 0 Å². The minimum absolute atomic E-state index is 0.350. The predicted molar refractivity (Wildman–Crippen MR) is 78.5 cm³/mol. The Labute approximate surface area is 115 Å². The van der Waals surface area contributed by atoms with Crippen LogP contribution in [-0.4, -0.2) is 37.4 Å². The SMILES string of the molecule is CSc1ccccc1OC1CCCN(C)CC1C. The lowest BCUT2D eigenvalue weighted by molar-refractivity contribution is 0.128. The summed E-state index contributed by atoms with van der Waals surface area (Å²) in [7, 11) is 2.20. The molecule has 1 aliphatic rings. The second kappa shape index (κ2) is 6.48. The minimum Gasteiger partial charge on any atom is -0.489 e. The Morgan fingerprint density at radius 1 is 1.33 bits per heavy atom. The molecular formula is C15H23NOS. The van der Waals surface area contributed by atoms with Gasteiger partial charge in [0.25, 0.3) is 0 Å². The highest BCUT2D eigenvalue weighted by molar-refractivity contribution is 7.98. The highest BCUT2D eigenvalue weighted by Crippen LogP contribution is 2.30. The molecule has 0 aromatic heterocycles. The van der Waals surface area contributed by atoms with Gasteiger partial charge in [0.05, 0.1) is 0 Å². The molecular weight excluding hydrogens is 242 g/mol. The molecule has 1 heterocycles. The Balaban J connectivity index is 2.07. The maximum Gasteiger partial charge on any atom is 0.133 e.